The summed E-state index contributed by atoms with van der Waals surface area (Å²) in [6, 6.07) is 7.96. The van der Waals surface area contributed by atoms with Crippen LogP contribution in [0, 0.1) is 5.92 Å². The summed E-state index contributed by atoms with van der Waals surface area (Å²) < 4.78 is 6.81. The Morgan fingerprint density at radius 3 is 2.75 bits per heavy atom. The summed E-state index contributed by atoms with van der Waals surface area (Å²) in [5.74, 6) is 1.45. The van der Waals surface area contributed by atoms with Gasteiger partial charge in [-0.05, 0) is 30.5 Å². The van der Waals surface area contributed by atoms with E-state index in [1.165, 1.54) is 0 Å². The Bertz CT molecular complexity index is 490. The summed E-state index contributed by atoms with van der Waals surface area (Å²) >= 11 is 3.51. The van der Waals surface area contributed by atoms with Crippen molar-refractivity contribution in [3.63, 3.8) is 0 Å². The number of hydrogen-bond donors (Lipinski definition) is 1. The van der Waals surface area contributed by atoms with E-state index in [4.69, 9.17) is 10.2 Å². The van der Waals surface area contributed by atoms with E-state index in [0.29, 0.717) is 5.92 Å². The predicted molar refractivity (Wildman–Crippen MR) is 70.3 cm³/mol. The second kappa shape index (κ2) is 4.60. The molecule has 0 aliphatic carbocycles. The molecule has 1 aromatic carbocycles. The fourth-order valence-electron chi connectivity index (χ4n) is 1.85. The molecule has 0 aliphatic rings. The highest BCUT2D eigenvalue weighted by Crippen LogP contribution is 2.30. The summed E-state index contributed by atoms with van der Waals surface area (Å²) in [7, 11) is 0. The molecule has 3 heteroatoms. The highest BCUT2D eigenvalue weighted by Gasteiger charge is 2.14. The third-order valence-corrected chi connectivity index (χ3v) is 3.31. The number of rotatable bonds is 3. The summed E-state index contributed by atoms with van der Waals surface area (Å²) in [6.07, 6.45) is 0.942. The molecule has 0 saturated heterocycles. The molecule has 0 saturated carbocycles. The first-order chi connectivity index (χ1) is 7.58. The molecule has 2 aromatic rings. The number of hydrogen-bond acceptors (Lipinski definition) is 2. The van der Waals surface area contributed by atoms with Crippen molar-refractivity contribution in [1.82, 2.24) is 0 Å². The highest BCUT2D eigenvalue weighted by atomic mass is 79.9. The maximum atomic E-state index is 6.10. The summed E-state index contributed by atoms with van der Waals surface area (Å²) in [4.78, 5) is 0. The van der Waals surface area contributed by atoms with Crippen LogP contribution >= 0.6 is 15.9 Å². The molecule has 0 spiro atoms. The van der Waals surface area contributed by atoms with Crippen LogP contribution < -0.4 is 5.73 Å². The topological polar surface area (TPSA) is 39.2 Å². The zero-order valence-electron chi connectivity index (χ0n) is 9.53. The van der Waals surface area contributed by atoms with E-state index < -0.39 is 0 Å². The Morgan fingerprint density at radius 2 is 2.12 bits per heavy atom. The molecule has 0 radical (unpaired) electrons. The van der Waals surface area contributed by atoms with Gasteiger partial charge in [-0.15, -0.1) is 0 Å². The van der Waals surface area contributed by atoms with Crippen molar-refractivity contribution < 1.29 is 4.42 Å². The Labute approximate surface area is 104 Å². The Kier molecular flexibility index (Phi) is 3.36. The first-order valence-corrected chi connectivity index (χ1v) is 6.30. The Morgan fingerprint density at radius 1 is 1.38 bits per heavy atom. The number of benzene rings is 1. The standard InChI is InChI=1S/C13H16BrNO/c1-8(2)6-11(15)13-7-9-10(14)4-3-5-12(9)16-13/h3-5,7-8,11H,6,15H2,1-2H3/t11-/m1/s1. The largest absolute Gasteiger partial charge is 0.459 e. The molecule has 1 atom stereocenters. The lowest BCUT2D eigenvalue weighted by Gasteiger charge is -2.10. The SMILES string of the molecule is CC(C)C[C@@H](N)c1cc2c(Br)cccc2o1. The number of nitrogens with two attached hydrogens (primary N) is 1. The van der Waals surface area contributed by atoms with Crippen LogP contribution in [0.1, 0.15) is 32.1 Å². The molecule has 86 valence electrons. The van der Waals surface area contributed by atoms with Gasteiger partial charge in [-0.3, -0.25) is 0 Å². The number of furan rings is 1. The lowest BCUT2D eigenvalue weighted by atomic mass is 10.0. The van der Waals surface area contributed by atoms with Crippen LogP contribution in [0.15, 0.2) is 33.2 Å². The van der Waals surface area contributed by atoms with E-state index in [2.05, 4.69) is 29.8 Å². The van der Waals surface area contributed by atoms with Crippen LogP contribution in [-0.2, 0) is 0 Å². The molecule has 0 amide bonds. The van der Waals surface area contributed by atoms with Crippen LogP contribution in [0.2, 0.25) is 0 Å². The molecule has 16 heavy (non-hydrogen) atoms. The monoisotopic (exact) mass is 281 g/mol. The second-order valence-corrected chi connectivity index (χ2v) is 5.39. The first-order valence-electron chi connectivity index (χ1n) is 5.51. The van der Waals surface area contributed by atoms with Gasteiger partial charge in [0.1, 0.15) is 11.3 Å². The molecule has 2 nitrogen and oxygen atoms in total. The van der Waals surface area contributed by atoms with E-state index in [0.717, 1.165) is 27.6 Å². The van der Waals surface area contributed by atoms with Crippen molar-refractivity contribution in [1.29, 1.82) is 0 Å². The van der Waals surface area contributed by atoms with Crippen molar-refractivity contribution in [3.8, 4) is 0 Å². The maximum Gasteiger partial charge on any atom is 0.135 e. The third-order valence-electron chi connectivity index (χ3n) is 2.62. The van der Waals surface area contributed by atoms with Gasteiger partial charge in [0.15, 0.2) is 0 Å². The van der Waals surface area contributed by atoms with E-state index in [1.807, 2.05) is 24.3 Å². The third kappa shape index (κ3) is 2.30. The van der Waals surface area contributed by atoms with E-state index in [1.54, 1.807) is 0 Å². The van der Waals surface area contributed by atoms with E-state index in [9.17, 15) is 0 Å². The molecule has 1 aromatic heterocycles. The second-order valence-electron chi connectivity index (χ2n) is 4.54. The van der Waals surface area contributed by atoms with Gasteiger partial charge < -0.3 is 10.2 Å². The molecule has 0 fully saturated rings. The van der Waals surface area contributed by atoms with Crippen molar-refractivity contribution in [2.45, 2.75) is 26.3 Å². The van der Waals surface area contributed by atoms with Gasteiger partial charge in [-0.2, -0.15) is 0 Å². The molecule has 0 aliphatic heterocycles. The van der Waals surface area contributed by atoms with Crippen molar-refractivity contribution in [3.05, 3.63) is 34.5 Å². The van der Waals surface area contributed by atoms with Gasteiger partial charge >= 0.3 is 0 Å². The fraction of sp³-hybridized carbons (Fsp3) is 0.385. The minimum absolute atomic E-state index is 0.0145. The lowest BCUT2D eigenvalue weighted by molar-refractivity contribution is 0.431. The molecular weight excluding hydrogens is 266 g/mol. The van der Waals surface area contributed by atoms with E-state index >= 15 is 0 Å². The highest BCUT2D eigenvalue weighted by molar-refractivity contribution is 9.10. The molecule has 2 N–H and O–H groups in total. The average Bonchev–Trinajstić information content (AvgIpc) is 2.61. The number of halogens is 1. The van der Waals surface area contributed by atoms with Crippen LogP contribution in [-0.4, -0.2) is 0 Å². The zero-order valence-corrected chi connectivity index (χ0v) is 11.1. The smallest absolute Gasteiger partial charge is 0.135 e. The van der Waals surface area contributed by atoms with Crippen molar-refractivity contribution in [2.75, 3.05) is 0 Å². The maximum absolute atomic E-state index is 6.10. The molecular formula is C13H16BrNO. The zero-order chi connectivity index (χ0) is 11.7. The molecule has 1 heterocycles. The van der Waals surface area contributed by atoms with Gasteiger partial charge in [-0.1, -0.05) is 35.8 Å². The number of fused-ring (bicyclic) bond motifs is 1. The van der Waals surface area contributed by atoms with E-state index in [-0.39, 0.29) is 6.04 Å². The van der Waals surface area contributed by atoms with Crippen molar-refractivity contribution in [2.24, 2.45) is 11.7 Å². The van der Waals surface area contributed by atoms with Gasteiger partial charge in [0, 0.05) is 9.86 Å². The molecule has 2 rings (SSSR count). The Hall–Kier alpha value is -0.800. The van der Waals surface area contributed by atoms with Crippen LogP contribution in [0.4, 0.5) is 0 Å². The van der Waals surface area contributed by atoms with Crippen LogP contribution in [0.25, 0.3) is 11.0 Å². The molecule has 0 bridgehead atoms. The lowest BCUT2D eigenvalue weighted by Crippen LogP contribution is -2.11. The van der Waals surface area contributed by atoms with Gasteiger partial charge in [0.05, 0.1) is 6.04 Å². The fourth-order valence-corrected chi connectivity index (χ4v) is 2.31. The predicted octanol–water partition coefficient (Wildman–Crippen LogP) is 4.24. The summed E-state index contributed by atoms with van der Waals surface area (Å²) in [6.45, 7) is 4.33. The quantitative estimate of drug-likeness (QED) is 0.914. The van der Waals surface area contributed by atoms with Gasteiger partial charge in [0.25, 0.3) is 0 Å². The normalized spacial score (nSPS) is 13.6. The van der Waals surface area contributed by atoms with Crippen LogP contribution in [0.3, 0.4) is 0 Å². The van der Waals surface area contributed by atoms with Crippen LogP contribution in [0.5, 0.6) is 0 Å². The minimum atomic E-state index is -0.0145. The Balaban J connectivity index is 2.36. The summed E-state index contributed by atoms with van der Waals surface area (Å²) in [5.41, 5.74) is 6.99. The van der Waals surface area contributed by atoms with Gasteiger partial charge in [-0.25, -0.2) is 0 Å². The first kappa shape index (κ1) is 11.7. The molecule has 0 unspecified atom stereocenters. The summed E-state index contributed by atoms with van der Waals surface area (Å²) in [5, 5.41) is 1.09. The van der Waals surface area contributed by atoms with Crippen molar-refractivity contribution >= 4 is 26.9 Å². The van der Waals surface area contributed by atoms with Gasteiger partial charge in [0.2, 0.25) is 0 Å². The minimum Gasteiger partial charge on any atom is -0.459 e. The average molecular weight is 282 g/mol.